The van der Waals surface area contributed by atoms with Gasteiger partial charge in [-0.15, -0.1) is 0 Å². The lowest BCUT2D eigenvalue weighted by Gasteiger charge is -2.35. The molecule has 2 aromatic carbocycles. The maximum absolute atomic E-state index is 5.50. The molecule has 0 spiro atoms. The molecule has 3 rings (SSSR count). The first-order valence-electron chi connectivity index (χ1n) is 7.77. The van der Waals surface area contributed by atoms with Crippen LogP contribution in [0, 0.1) is 0 Å². The highest BCUT2D eigenvalue weighted by Crippen LogP contribution is 2.40. The normalized spacial score (nSPS) is 17.5. The molecule has 0 radical (unpaired) electrons. The smallest absolute Gasteiger partial charge is 0.161 e. The average Bonchev–Trinajstić information content (AvgIpc) is 2.60. The minimum Gasteiger partial charge on any atom is -0.497 e. The van der Waals surface area contributed by atoms with Crippen molar-refractivity contribution in [2.24, 2.45) is 0 Å². The monoisotopic (exact) mass is 313 g/mol. The summed E-state index contributed by atoms with van der Waals surface area (Å²) in [5.41, 5.74) is 3.80. The van der Waals surface area contributed by atoms with Crippen molar-refractivity contribution in [2.75, 3.05) is 34.9 Å². The molecule has 4 nitrogen and oxygen atoms in total. The zero-order valence-electron chi connectivity index (χ0n) is 14.1. The van der Waals surface area contributed by atoms with E-state index >= 15 is 0 Å². The molecule has 23 heavy (non-hydrogen) atoms. The number of fused-ring (bicyclic) bond motifs is 1. The lowest BCUT2D eigenvalue weighted by atomic mass is 9.88. The minimum atomic E-state index is 0.189. The molecule has 0 amide bonds. The van der Waals surface area contributed by atoms with Crippen molar-refractivity contribution < 1.29 is 14.2 Å². The fraction of sp³-hybridized carbons (Fsp3) is 0.368. The number of nitrogens with zero attached hydrogens (tertiary/aromatic N) is 1. The van der Waals surface area contributed by atoms with E-state index in [2.05, 4.69) is 36.2 Å². The summed E-state index contributed by atoms with van der Waals surface area (Å²) in [6.07, 6.45) is 1.01. The quantitative estimate of drug-likeness (QED) is 0.867. The van der Waals surface area contributed by atoms with Crippen molar-refractivity contribution in [3.8, 4) is 17.2 Å². The molecule has 0 fully saturated rings. The summed E-state index contributed by atoms with van der Waals surface area (Å²) in [5, 5.41) is 0. The molecule has 1 atom stereocenters. The highest BCUT2D eigenvalue weighted by Gasteiger charge is 2.28. The number of benzene rings is 2. The minimum absolute atomic E-state index is 0.189. The van der Waals surface area contributed by atoms with Crippen LogP contribution in [-0.4, -0.2) is 39.8 Å². The molecular formula is C19H23NO3. The number of hydrogen-bond acceptors (Lipinski definition) is 4. The third kappa shape index (κ3) is 2.86. The van der Waals surface area contributed by atoms with E-state index in [1.807, 2.05) is 12.1 Å². The summed E-state index contributed by atoms with van der Waals surface area (Å²) in [6.45, 7) is 1.00. The first kappa shape index (κ1) is 15.7. The molecule has 0 bridgehead atoms. The molecule has 0 unspecified atom stereocenters. The zero-order valence-corrected chi connectivity index (χ0v) is 14.1. The standard InChI is InChI=1S/C19H23NO3/c1-20-9-8-13-11-17(22-3)18(23-4)12-16(13)19(20)14-6-5-7-15(10-14)21-2/h5-7,10-12,19H,8-9H2,1-4H3/t19-/m0/s1. The van der Waals surface area contributed by atoms with E-state index in [1.54, 1.807) is 21.3 Å². The summed E-state index contributed by atoms with van der Waals surface area (Å²) < 4.78 is 16.3. The molecule has 4 heteroatoms. The Morgan fingerprint density at radius 2 is 1.70 bits per heavy atom. The van der Waals surface area contributed by atoms with Crippen LogP contribution in [0.2, 0.25) is 0 Å². The molecule has 0 aromatic heterocycles. The van der Waals surface area contributed by atoms with Gasteiger partial charge in [0.2, 0.25) is 0 Å². The Balaban J connectivity index is 2.12. The molecule has 0 aliphatic carbocycles. The van der Waals surface area contributed by atoms with Gasteiger partial charge in [0.15, 0.2) is 11.5 Å². The van der Waals surface area contributed by atoms with Crippen LogP contribution in [0.3, 0.4) is 0 Å². The van der Waals surface area contributed by atoms with Crippen LogP contribution in [-0.2, 0) is 6.42 Å². The summed E-state index contributed by atoms with van der Waals surface area (Å²) in [5.74, 6) is 2.44. The summed E-state index contributed by atoms with van der Waals surface area (Å²) in [7, 11) is 7.21. The molecule has 0 N–H and O–H groups in total. The molecule has 2 aromatic rings. The summed E-state index contributed by atoms with van der Waals surface area (Å²) in [6, 6.07) is 12.7. The fourth-order valence-electron chi connectivity index (χ4n) is 3.32. The Hall–Kier alpha value is -2.20. The maximum Gasteiger partial charge on any atom is 0.161 e. The third-order valence-electron chi connectivity index (χ3n) is 4.52. The van der Waals surface area contributed by atoms with Gasteiger partial charge in [-0.2, -0.15) is 0 Å². The van der Waals surface area contributed by atoms with Gasteiger partial charge < -0.3 is 14.2 Å². The lowest BCUT2D eigenvalue weighted by molar-refractivity contribution is 0.262. The molecule has 122 valence electrons. The van der Waals surface area contributed by atoms with Gasteiger partial charge in [-0.25, -0.2) is 0 Å². The van der Waals surface area contributed by atoms with Crippen molar-refractivity contribution in [3.05, 3.63) is 53.1 Å². The Labute approximate surface area is 137 Å². The second kappa shape index (κ2) is 6.50. The summed E-state index contributed by atoms with van der Waals surface area (Å²) in [4.78, 5) is 2.36. The van der Waals surface area contributed by atoms with Crippen molar-refractivity contribution >= 4 is 0 Å². The lowest BCUT2D eigenvalue weighted by Crippen LogP contribution is -2.32. The van der Waals surface area contributed by atoms with Gasteiger partial charge in [0.1, 0.15) is 5.75 Å². The summed E-state index contributed by atoms with van der Waals surface area (Å²) >= 11 is 0. The highest BCUT2D eigenvalue weighted by molar-refractivity contribution is 5.52. The molecule has 0 saturated heterocycles. The van der Waals surface area contributed by atoms with Crippen LogP contribution in [0.1, 0.15) is 22.7 Å². The predicted octanol–water partition coefficient (Wildman–Crippen LogP) is 3.29. The maximum atomic E-state index is 5.50. The van der Waals surface area contributed by atoms with Gasteiger partial charge in [0.05, 0.1) is 27.4 Å². The number of methoxy groups -OCH3 is 3. The third-order valence-corrected chi connectivity index (χ3v) is 4.52. The molecule has 1 heterocycles. The molecule has 0 saturated carbocycles. The van der Waals surface area contributed by atoms with E-state index in [9.17, 15) is 0 Å². The largest absolute Gasteiger partial charge is 0.497 e. The van der Waals surface area contributed by atoms with Crippen LogP contribution in [0.5, 0.6) is 17.2 Å². The van der Waals surface area contributed by atoms with E-state index in [4.69, 9.17) is 14.2 Å². The number of rotatable bonds is 4. The second-order valence-electron chi connectivity index (χ2n) is 5.82. The number of ether oxygens (including phenoxy) is 3. The zero-order chi connectivity index (χ0) is 16.4. The Morgan fingerprint density at radius 3 is 2.39 bits per heavy atom. The van der Waals surface area contributed by atoms with Crippen molar-refractivity contribution in [1.29, 1.82) is 0 Å². The number of hydrogen-bond donors (Lipinski definition) is 0. The second-order valence-corrected chi connectivity index (χ2v) is 5.82. The Morgan fingerprint density at radius 1 is 0.957 bits per heavy atom. The van der Waals surface area contributed by atoms with Crippen molar-refractivity contribution in [2.45, 2.75) is 12.5 Å². The van der Waals surface area contributed by atoms with E-state index in [1.165, 1.54) is 16.7 Å². The van der Waals surface area contributed by atoms with E-state index < -0.39 is 0 Å². The first-order valence-corrected chi connectivity index (χ1v) is 7.77. The average molecular weight is 313 g/mol. The van der Waals surface area contributed by atoms with Crippen molar-refractivity contribution in [3.63, 3.8) is 0 Å². The number of likely N-dealkylation sites (N-methyl/N-ethyl adjacent to an activating group) is 1. The predicted molar refractivity (Wildman–Crippen MR) is 90.7 cm³/mol. The SMILES string of the molecule is COc1cccc([C@H]2c3cc(OC)c(OC)cc3CCN2C)c1. The molecule has 1 aliphatic rings. The van der Waals surface area contributed by atoms with Crippen LogP contribution < -0.4 is 14.2 Å². The van der Waals surface area contributed by atoms with E-state index in [0.29, 0.717) is 0 Å². The van der Waals surface area contributed by atoms with Crippen molar-refractivity contribution in [1.82, 2.24) is 4.90 Å². The van der Waals surface area contributed by atoms with Gasteiger partial charge in [-0.1, -0.05) is 12.1 Å². The van der Waals surface area contributed by atoms with Crippen LogP contribution in [0.25, 0.3) is 0 Å². The molecule has 1 aliphatic heterocycles. The fourth-order valence-corrected chi connectivity index (χ4v) is 3.32. The first-order chi connectivity index (χ1) is 11.2. The van der Waals surface area contributed by atoms with Gasteiger partial charge in [-0.3, -0.25) is 4.90 Å². The Kier molecular flexibility index (Phi) is 4.44. The van der Waals surface area contributed by atoms with Gasteiger partial charge in [0, 0.05) is 6.54 Å². The van der Waals surface area contributed by atoms with Gasteiger partial charge in [0.25, 0.3) is 0 Å². The molecular weight excluding hydrogens is 290 g/mol. The highest BCUT2D eigenvalue weighted by atomic mass is 16.5. The van der Waals surface area contributed by atoms with Crippen LogP contribution in [0.15, 0.2) is 36.4 Å². The van der Waals surface area contributed by atoms with Gasteiger partial charge >= 0.3 is 0 Å². The van der Waals surface area contributed by atoms with E-state index in [-0.39, 0.29) is 6.04 Å². The Bertz CT molecular complexity index is 699. The van der Waals surface area contributed by atoms with Gasteiger partial charge in [-0.05, 0) is 54.4 Å². The topological polar surface area (TPSA) is 30.9 Å². The van der Waals surface area contributed by atoms with Crippen LogP contribution in [0.4, 0.5) is 0 Å². The van der Waals surface area contributed by atoms with E-state index in [0.717, 1.165) is 30.2 Å². The van der Waals surface area contributed by atoms with Crippen LogP contribution >= 0.6 is 0 Å².